The summed E-state index contributed by atoms with van der Waals surface area (Å²) in [5.41, 5.74) is 3.56. The van der Waals surface area contributed by atoms with E-state index in [4.69, 9.17) is 0 Å². The number of aryl methyl sites for hydroxylation is 2. The molecule has 1 aliphatic carbocycles. The van der Waals surface area contributed by atoms with Crippen LogP contribution in [-0.2, 0) is 16.0 Å². The Kier molecular flexibility index (Phi) is 2.15. The van der Waals surface area contributed by atoms with Crippen molar-refractivity contribution in [3.8, 4) is 0 Å². The van der Waals surface area contributed by atoms with E-state index in [0.717, 1.165) is 18.4 Å². The molecule has 0 radical (unpaired) electrons. The van der Waals surface area contributed by atoms with E-state index in [1.807, 2.05) is 6.92 Å². The van der Waals surface area contributed by atoms with E-state index < -0.39 is 0 Å². The lowest BCUT2D eigenvalue weighted by Crippen LogP contribution is -2.33. The lowest BCUT2D eigenvalue weighted by atomic mass is 10.0. The van der Waals surface area contributed by atoms with Gasteiger partial charge < -0.3 is 0 Å². The zero-order valence-electron chi connectivity index (χ0n) is 9.64. The average Bonchev–Trinajstić information content (AvgIpc) is 2.83. The first-order valence-electron chi connectivity index (χ1n) is 5.81. The zero-order valence-corrected chi connectivity index (χ0v) is 9.64. The molecule has 0 spiro atoms. The highest BCUT2D eigenvalue weighted by Crippen LogP contribution is 2.37. The molecule has 0 saturated heterocycles. The third kappa shape index (κ3) is 1.50. The van der Waals surface area contributed by atoms with Crippen molar-refractivity contribution in [2.24, 2.45) is 0 Å². The Labute approximate surface area is 99.7 Å². The Morgan fingerprint density at radius 1 is 1.18 bits per heavy atom. The van der Waals surface area contributed by atoms with Gasteiger partial charge in [-0.3, -0.25) is 14.5 Å². The normalized spacial score (nSPS) is 22.4. The maximum Gasteiger partial charge on any atom is 0.254 e. The predicted molar refractivity (Wildman–Crippen MR) is 63.2 cm³/mol. The van der Waals surface area contributed by atoms with Gasteiger partial charge in [0.1, 0.15) is 0 Å². The smallest absolute Gasteiger partial charge is 0.254 e. The van der Waals surface area contributed by atoms with E-state index in [1.165, 1.54) is 28.2 Å². The molecule has 3 nitrogen and oxygen atoms in total. The van der Waals surface area contributed by atoms with E-state index in [-0.39, 0.29) is 17.9 Å². The Morgan fingerprint density at radius 2 is 1.88 bits per heavy atom. The summed E-state index contributed by atoms with van der Waals surface area (Å²) >= 11 is 0. The molecule has 1 aromatic carbocycles. The molecule has 0 saturated carbocycles. The van der Waals surface area contributed by atoms with Gasteiger partial charge in [0.2, 0.25) is 0 Å². The molecule has 86 valence electrons. The lowest BCUT2D eigenvalue weighted by molar-refractivity contribution is -0.139. The number of amides is 2. The molecule has 1 aromatic rings. The van der Waals surface area contributed by atoms with Gasteiger partial charge in [-0.2, -0.15) is 0 Å². The number of carbonyl (C=O) groups is 2. The molecule has 17 heavy (non-hydrogen) atoms. The number of hydrogen-bond donors (Lipinski definition) is 0. The van der Waals surface area contributed by atoms with Gasteiger partial charge in [0, 0.05) is 12.2 Å². The monoisotopic (exact) mass is 227 g/mol. The fourth-order valence-electron chi connectivity index (χ4n) is 2.69. The Hall–Kier alpha value is -1.90. The van der Waals surface area contributed by atoms with Gasteiger partial charge in [0.05, 0.1) is 6.04 Å². The van der Waals surface area contributed by atoms with Crippen LogP contribution >= 0.6 is 0 Å². The number of fused-ring (bicyclic) bond motifs is 1. The third-order valence-corrected chi connectivity index (χ3v) is 3.50. The van der Waals surface area contributed by atoms with Crippen molar-refractivity contribution >= 4 is 11.8 Å². The average molecular weight is 227 g/mol. The summed E-state index contributed by atoms with van der Waals surface area (Å²) in [5, 5.41) is 0. The van der Waals surface area contributed by atoms with Gasteiger partial charge in [-0.05, 0) is 30.9 Å². The van der Waals surface area contributed by atoms with E-state index in [0.29, 0.717) is 0 Å². The van der Waals surface area contributed by atoms with Gasteiger partial charge in [-0.25, -0.2) is 0 Å². The van der Waals surface area contributed by atoms with Crippen LogP contribution in [0.2, 0.25) is 0 Å². The topological polar surface area (TPSA) is 37.4 Å². The van der Waals surface area contributed by atoms with Crippen LogP contribution in [0.4, 0.5) is 0 Å². The van der Waals surface area contributed by atoms with Crippen LogP contribution in [0, 0.1) is 6.92 Å². The van der Waals surface area contributed by atoms with Crippen LogP contribution < -0.4 is 0 Å². The van der Waals surface area contributed by atoms with E-state index in [9.17, 15) is 9.59 Å². The number of hydrogen-bond acceptors (Lipinski definition) is 2. The maximum atomic E-state index is 11.7. The first-order chi connectivity index (χ1) is 8.16. The van der Waals surface area contributed by atoms with Crippen LogP contribution in [-0.4, -0.2) is 16.7 Å². The second-order valence-electron chi connectivity index (χ2n) is 4.64. The van der Waals surface area contributed by atoms with Gasteiger partial charge >= 0.3 is 0 Å². The molecular weight excluding hydrogens is 214 g/mol. The molecule has 0 N–H and O–H groups in total. The minimum absolute atomic E-state index is 0.0695. The Bertz CT molecular complexity index is 527. The molecule has 1 aliphatic heterocycles. The summed E-state index contributed by atoms with van der Waals surface area (Å²) in [6.45, 7) is 2.03. The van der Waals surface area contributed by atoms with Crippen molar-refractivity contribution in [3.63, 3.8) is 0 Å². The van der Waals surface area contributed by atoms with Gasteiger partial charge in [-0.1, -0.05) is 23.8 Å². The van der Waals surface area contributed by atoms with E-state index in [1.54, 1.807) is 0 Å². The second kappa shape index (κ2) is 3.55. The summed E-state index contributed by atoms with van der Waals surface area (Å²) in [7, 11) is 0. The number of imide groups is 1. The first kappa shape index (κ1) is 10.3. The summed E-state index contributed by atoms with van der Waals surface area (Å²) < 4.78 is 0. The minimum atomic E-state index is -0.186. The highest BCUT2D eigenvalue weighted by Gasteiger charge is 2.35. The molecule has 0 fully saturated rings. The van der Waals surface area contributed by atoms with Gasteiger partial charge in [0.15, 0.2) is 0 Å². The van der Waals surface area contributed by atoms with Crippen molar-refractivity contribution in [1.82, 2.24) is 4.90 Å². The fraction of sp³-hybridized carbons (Fsp3) is 0.286. The fourth-order valence-corrected chi connectivity index (χ4v) is 2.69. The van der Waals surface area contributed by atoms with Crippen LogP contribution in [0.15, 0.2) is 30.4 Å². The van der Waals surface area contributed by atoms with Gasteiger partial charge in [-0.15, -0.1) is 0 Å². The number of nitrogens with zero attached hydrogens (tertiary/aromatic N) is 1. The number of carbonyl (C=O) groups excluding carboxylic acids is 2. The summed E-state index contributed by atoms with van der Waals surface area (Å²) in [6, 6.07) is 6.20. The zero-order chi connectivity index (χ0) is 12.0. The largest absolute Gasteiger partial charge is 0.269 e. The predicted octanol–water partition coefficient (Wildman–Crippen LogP) is 1.91. The van der Waals surface area contributed by atoms with E-state index >= 15 is 0 Å². The Morgan fingerprint density at radius 3 is 2.59 bits per heavy atom. The molecule has 3 rings (SSSR count). The van der Waals surface area contributed by atoms with Crippen molar-refractivity contribution in [2.45, 2.75) is 25.8 Å². The third-order valence-electron chi connectivity index (χ3n) is 3.50. The summed E-state index contributed by atoms with van der Waals surface area (Å²) in [4.78, 5) is 24.7. The van der Waals surface area contributed by atoms with Crippen LogP contribution in [0.3, 0.4) is 0 Å². The molecule has 0 bridgehead atoms. The standard InChI is InChI=1S/C14H13NO2/c1-9-2-3-10-4-5-12(11(10)8-9)15-13(16)6-7-14(15)17/h2-3,6-8,12H,4-5H2,1H3/t12-/m0/s1. The summed E-state index contributed by atoms with van der Waals surface area (Å²) in [5.74, 6) is -0.372. The summed E-state index contributed by atoms with van der Waals surface area (Å²) in [6.07, 6.45) is 4.50. The Balaban J connectivity index is 2.01. The molecule has 0 unspecified atom stereocenters. The molecule has 0 aromatic heterocycles. The van der Waals surface area contributed by atoms with Crippen molar-refractivity contribution in [1.29, 1.82) is 0 Å². The molecule has 2 amide bonds. The van der Waals surface area contributed by atoms with Crippen LogP contribution in [0.25, 0.3) is 0 Å². The van der Waals surface area contributed by atoms with Crippen LogP contribution in [0.1, 0.15) is 29.2 Å². The van der Waals surface area contributed by atoms with Gasteiger partial charge in [0.25, 0.3) is 11.8 Å². The molecular formula is C14H13NO2. The van der Waals surface area contributed by atoms with E-state index in [2.05, 4.69) is 18.2 Å². The maximum absolute atomic E-state index is 11.7. The molecule has 1 atom stereocenters. The van der Waals surface area contributed by atoms with Crippen molar-refractivity contribution < 1.29 is 9.59 Å². The highest BCUT2D eigenvalue weighted by atomic mass is 16.2. The molecule has 1 heterocycles. The lowest BCUT2D eigenvalue weighted by Gasteiger charge is -2.23. The first-order valence-corrected chi connectivity index (χ1v) is 5.81. The molecule has 2 aliphatic rings. The number of benzene rings is 1. The number of rotatable bonds is 1. The van der Waals surface area contributed by atoms with Crippen LogP contribution in [0.5, 0.6) is 0 Å². The van der Waals surface area contributed by atoms with Crippen molar-refractivity contribution in [3.05, 3.63) is 47.0 Å². The molecule has 3 heteroatoms. The quantitative estimate of drug-likeness (QED) is 0.687. The highest BCUT2D eigenvalue weighted by molar-refractivity contribution is 6.13. The van der Waals surface area contributed by atoms with Crippen molar-refractivity contribution in [2.75, 3.05) is 0 Å². The SMILES string of the molecule is Cc1ccc2c(c1)[C@@H](N1C(=O)C=CC1=O)CC2. The minimum Gasteiger partial charge on any atom is -0.269 e. The second-order valence-corrected chi connectivity index (χ2v) is 4.64.